The van der Waals surface area contributed by atoms with Crippen LogP contribution in [0.1, 0.15) is 57.6 Å². The van der Waals surface area contributed by atoms with Gasteiger partial charge < -0.3 is 24.3 Å². The minimum atomic E-state index is -4.57. The van der Waals surface area contributed by atoms with Gasteiger partial charge in [-0.1, -0.05) is 18.5 Å². The molecule has 0 spiro atoms. The third-order valence-corrected chi connectivity index (χ3v) is 6.09. The number of carbonyl (C=O) groups excluding carboxylic acids is 2. The van der Waals surface area contributed by atoms with Crippen molar-refractivity contribution in [2.45, 2.75) is 89.8 Å². The van der Waals surface area contributed by atoms with Gasteiger partial charge in [0.05, 0.1) is 11.7 Å². The molecule has 1 amide bonds. The number of hydrogen-bond acceptors (Lipinski definition) is 6. The topological polar surface area (TPSA) is 79.3 Å². The lowest BCUT2D eigenvalue weighted by Crippen LogP contribution is -2.58. The average molecular weight is 509 g/mol. The molecule has 1 aromatic carbocycles. The molecule has 1 aliphatic heterocycles. The number of amides is 1. The highest BCUT2D eigenvalue weighted by Gasteiger charge is 2.42. The normalized spacial score (nSPS) is 22.2. The van der Waals surface area contributed by atoms with Crippen LogP contribution >= 0.6 is 11.6 Å². The van der Waals surface area contributed by atoms with Gasteiger partial charge >= 0.3 is 12.3 Å². The zero-order chi connectivity index (χ0) is 25.6. The fraction of sp³-hybridized carbons (Fsp3) is 0.652. The standard InChI is InChI=1S/C23H32ClF3N2O5/c1-5-18-11-20(12-19(6-7-30)29(18)22(32)34-14(2)3)28(21(31)33-4)13-15-8-16(23(25,26)27)10-17(24)9-15/h7-10,14,18-21,31H,5-6,11-13H2,1-4H3/t18-,19+,20+,21?/m1/s1. The number of aldehydes is 1. The molecule has 0 aliphatic carbocycles. The van der Waals surface area contributed by atoms with Crippen LogP contribution in [0.5, 0.6) is 0 Å². The number of benzene rings is 1. The van der Waals surface area contributed by atoms with E-state index in [9.17, 15) is 27.9 Å². The summed E-state index contributed by atoms with van der Waals surface area (Å²) in [6.07, 6.45) is -4.79. The number of nitrogens with zero attached hydrogens (tertiary/aromatic N) is 2. The van der Waals surface area contributed by atoms with E-state index >= 15 is 0 Å². The number of aliphatic hydroxyl groups is 1. The second kappa shape index (κ2) is 12.2. The van der Waals surface area contributed by atoms with Crippen molar-refractivity contribution in [1.29, 1.82) is 0 Å². The van der Waals surface area contributed by atoms with Gasteiger partial charge in [0.1, 0.15) is 6.29 Å². The molecule has 192 valence electrons. The van der Waals surface area contributed by atoms with Crippen molar-refractivity contribution in [3.63, 3.8) is 0 Å². The summed E-state index contributed by atoms with van der Waals surface area (Å²) in [6.45, 7) is 5.28. The summed E-state index contributed by atoms with van der Waals surface area (Å²) in [7, 11) is 1.28. The van der Waals surface area contributed by atoms with Gasteiger partial charge in [-0.3, -0.25) is 0 Å². The van der Waals surface area contributed by atoms with E-state index in [0.29, 0.717) is 19.3 Å². The van der Waals surface area contributed by atoms with Crippen molar-refractivity contribution < 1.29 is 37.3 Å². The predicted octanol–water partition coefficient (Wildman–Crippen LogP) is 4.83. The number of rotatable bonds is 9. The fourth-order valence-electron chi connectivity index (χ4n) is 4.40. The number of likely N-dealkylation sites (tertiary alicyclic amines) is 1. The largest absolute Gasteiger partial charge is 0.447 e. The molecule has 11 heteroatoms. The van der Waals surface area contributed by atoms with Crippen LogP contribution in [0.3, 0.4) is 0 Å². The molecule has 1 aromatic rings. The third-order valence-electron chi connectivity index (χ3n) is 5.88. The first-order chi connectivity index (χ1) is 15.9. The Morgan fingerprint density at radius 2 is 1.94 bits per heavy atom. The number of hydrogen-bond donors (Lipinski definition) is 1. The molecule has 1 N–H and O–H groups in total. The van der Waals surface area contributed by atoms with Crippen molar-refractivity contribution in [1.82, 2.24) is 9.80 Å². The first-order valence-electron chi connectivity index (χ1n) is 11.2. The van der Waals surface area contributed by atoms with Gasteiger partial charge in [0.15, 0.2) is 0 Å². The van der Waals surface area contributed by atoms with Crippen LogP contribution in [0.25, 0.3) is 0 Å². The summed E-state index contributed by atoms with van der Waals surface area (Å²) < 4.78 is 50.3. The van der Waals surface area contributed by atoms with E-state index < -0.39 is 30.3 Å². The van der Waals surface area contributed by atoms with E-state index in [1.807, 2.05) is 6.92 Å². The van der Waals surface area contributed by atoms with E-state index in [-0.39, 0.29) is 41.7 Å². The highest BCUT2D eigenvalue weighted by molar-refractivity contribution is 6.30. The first kappa shape index (κ1) is 28.4. The number of halogens is 4. The Kier molecular flexibility index (Phi) is 10.2. The molecular weight excluding hydrogens is 477 g/mol. The molecule has 34 heavy (non-hydrogen) atoms. The van der Waals surface area contributed by atoms with Crippen LogP contribution in [-0.4, -0.2) is 65.0 Å². The van der Waals surface area contributed by atoms with Gasteiger partial charge in [-0.05, 0) is 56.9 Å². The predicted molar refractivity (Wildman–Crippen MR) is 120 cm³/mol. The number of piperidine rings is 1. The van der Waals surface area contributed by atoms with E-state index in [1.165, 1.54) is 18.1 Å². The molecule has 1 saturated heterocycles. The minimum Gasteiger partial charge on any atom is -0.447 e. The zero-order valence-electron chi connectivity index (χ0n) is 19.7. The Morgan fingerprint density at radius 1 is 1.29 bits per heavy atom. The van der Waals surface area contributed by atoms with Crippen molar-refractivity contribution >= 4 is 24.0 Å². The summed E-state index contributed by atoms with van der Waals surface area (Å²) in [5.74, 6) is 0. The van der Waals surface area contributed by atoms with Gasteiger partial charge in [-0.25, -0.2) is 9.69 Å². The van der Waals surface area contributed by atoms with Crippen LogP contribution in [0, 0.1) is 0 Å². The van der Waals surface area contributed by atoms with Crippen LogP contribution < -0.4 is 0 Å². The molecule has 0 radical (unpaired) electrons. The van der Waals surface area contributed by atoms with Crippen LogP contribution in [0.15, 0.2) is 18.2 Å². The van der Waals surface area contributed by atoms with Gasteiger partial charge in [0.25, 0.3) is 0 Å². The summed E-state index contributed by atoms with van der Waals surface area (Å²) in [5, 5.41) is 10.5. The number of ether oxygens (including phenoxy) is 2. The van der Waals surface area contributed by atoms with Crippen molar-refractivity contribution in [3.8, 4) is 0 Å². The number of aliphatic hydroxyl groups excluding tert-OH is 1. The maximum absolute atomic E-state index is 13.3. The number of methoxy groups -OCH3 is 1. The Labute approximate surface area is 202 Å². The molecule has 1 unspecified atom stereocenters. The molecule has 0 aromatic heterocycles. The quantitative estimate of drug-likeness (QED) is 0.380. The lowest BCUT2D eigenvalue weighted by molar-refractivity contribution is -0.202. The van der Waals surface area contributed by atoms with Crippen molar-refractivity contribution in [2.75, 3.05) is 7.11 Å². The zero-order valence-corrected chi connectivity index (χ0v) is 20.5. The number of alkyl halides is 3. The van der Waals surface area contributed by atoms with Gasteiger partial charge in [-0.15, -0.1) is 0 Å². The first-order valence-corrected chi connectivity index (χ1v) is 11.5. The van der Waals surface area contributed by atoms with Gasteiger partial charge in [0.2, 0.25) is 6.41 Å². The lowest BCUT2D eigenvalue weighted by atomic mass is 9.87. The molecule has 4 atom stereocenters. The summed E-state index contributed by atoms with van der Waals surface area (Å²) in [5.41, 5.74) is -0.643. The van der Waals surface area contributed by atoms with Crippen LogP contribution in [0.2, 0.25) is 5.02 Å². The molecule has 7 nitrogen and oxygen atoms in total. The van der Waals surface area contributed by atoms with E-state index in [4.69, 9.17) is 21.1 Å². The Bertz CT molecular complexity index is 839. The smallest absolute Gasteiger partial charge is 0.416 e. The highest BCUT2D eigenvalue weighted by atomic mass is 35.5. The SMILES string of the molecule is CC[C@@H]1C[C@H](N(Cc2cc(Cl)cc(C(F)(F)F)c2)C(O)OC)C[C@H](CC=O)N1C(=O)OC(C)C. The van der Waals surface area contributed by atoms with E-state index in [0.717, 1.165) is 18.4 Å². The Morgan fingerprint density at radius 3 is 2.47 bits per heavy atom. The minimum absolute atomic E-state index is 0.0620. The second-order valence-corrected chi connectivity index (χ2v) is 9.10. The van der Waals surface area contributed by atoms with E-state index in [1.54, 1.807) is 18.7 Å². The molecule has 1 heterocycles. The molecule has 0 bridgehead atoms. The summed E-state index contributed by atoms with van der Waals surface area (Å²) in [6, 6.07) is 2.05. The fourth-order valence-corrected chi connectivity index (χ4v) is 4.66. The molecule has 2 rings (SSSR count). The van der Waals surface area contributed by atoms with Gasteiger partial charge in [0, 0.05) is 43.2 Å². The average Bonchev–Trinajstić information content (AvgIpc) is 2.75. The lowest BCUT2D eigenvalue weighted by Gasteiger charge is -2.48. The molecule has 1 fully saturated rings. The molecular formula is C23H32ClF3N2O5. The molecule has 1 aliphatic rings. The van der Waals surface area contributed by atoms with Crippen molar-refractivity contribution in [3.05, 3.63) is 34.3 Å². The summed E-state index contributed by atoms with van der Waals surface area (Å²) in [4.78, 5) is 27.3. The Hall–Kier alpha value is -1.88. The number of carbonyl (C=O) groups is 2. The van der Waals surface area contributed by atoms with Gasteiger partial charge in [-0.2, -0.15) is 13.2 Å². The maximum atomic E-state index is 13.3. The molecule has 0 saturated carbocycles. The monoisotopic (exact) mass is 508 g/mol. The van der Waals surface area contributed by atoms with Crippen LogP contribution in [0.4, 0.5) is 18.0 Å². The third kappa shape index (κ3) is 7.31. The van der Waals surface area contributed by atoms with Crippen molar-refractivity contribution in [2.24, 2.45) is 0 Å². The highest BCUT2D eigenvalue weighted by Crippen LogP contribution is 2.35. The Balaban J connectivity index is 2.37. The maximum Gasteiger partial charge on any atom is 0.416 e. The van der Waals surface area contributed by atoms with Crippen LogP contribution in [-0.2, 0) is 27.0 Å². The second-order valence-electron chi connectivity index (χ2n) is 8.66. The van der Waals surface area contributed by atoms with E-state index in [2.05, 4.69) is 0 Å². The summed E-state index contributed by atoms with van der Waals surface area (Å²) >= 11 is 5.94.